The normalized spacial score (nSPS) is 17.3. The van der Waals surface area contributed by atoms with Crippen molar-refractivity contribution >= 4 is 34.7 Å². The molecule has 2 heterocycles. The molecule has 0 N–H and O–H groups in total. The van der Waals surface area contributed by atoms with Crippen LogP contribution in [0.2, 0.25) is 5.02 Å². The van der Waals surface area contributed by atoms with Crippen LogP contribution in [0.1, 0.15) is 11.1 Å². The Morgan fingerprint density at radius 3 is 2.31 bits per heavy atom. The summed E-state index contributed by atoms with van der Waals surface area (Å²) in [5, 5.41) is 0.557. The van der Waals surface area contributed by atoms with Crippen LogP contribution in [-0.4, -0.2) is 50.1 Å². The highest BCUT2D eigenvalue weighted by Gasteiger charge is 2.43. The van der Waals surface area contributed by atoms with Gasteiger partial charge >= 0.3 is 0 Å². The van der Waals surface area contributed by atoms with Gasteiger partial charge in [0.2, 0.25) is 0 Å². The predicted octanol–water partition coefficient (Wildman–Crippen LogP) is 3.27. The third-order valence-electron chi connectivity index (χ3n) is 5.17. The number of hydrogen-bond donors (Lipinski definition) is 0. The zero-order valence-electron chi connectivity index (χ0n) is 16.3. The number of carbonyl (C=O) groups excluding carboxylic acids is 2. The minimum Gasteiger partial charge on any atom is -0.497 e. The molecule has 0 spiro atoms. The Morgan fingerprint density at radius 1 is 1.00 bits per heavy atom. The van der Waals surface area contributed by atoms with Gasteiger partial charge in [-0.2, -0.15) is 0 Å². The monoisotopic (exact) mass is 412 g/mol. The molecule has 0 radical (unpaired) electrons. The first-order chi connectivity index (χ1) is 14.0. The van der Waals surface area contributed by atoms with E-state index >= 15 is 0 Å². The van der Waals surface area contributed by atoms with Crippen LogP contribution < -0.4 is 9.64 Å². The van der Waals surface area contributed by atoms with Crippen molar-refractivity contribution in [3.05, 3.63) is 64.3 Å². The van der Waals surface area contributed by atoms with Crippen LogP contribution in [0.4, 0.5) is 5.69 Å². The van der Waals surface area contributed by atoms with E-state index in [1.807, 2.05) is 11.8 Å². The lowest BCUT2D eigenvalue weighted by atomic mass is 10.0. The average Bonchev–Trinajstić information content (AvgIpc) is 2.99. The molecule has 2 aliphatic rings. The zero-order valence-corrected chi connectivity index (χ0v) is 17.0. The maximum Gasteiger partial charge on any atom is 0.282 e. The predicted molar refractivity (Wildman–Crippen MR) is 111 cm³/mol. The second-order valence-corrected chi connectivity index (χ2v) is 7.36. The molecule has 2 aromatic carbocycles. The lowest BCUT2D eigenvalue weighted by molar-refractivity contribution is -0.121. The Balaban J connectivity index is 1.82. The number of imide groups is 1. The fraction of sp³-hybridized carbons (Fsp3) is 0.273. The Kier molecular flexibility index (Phi) is 5.30. The molecule has 0 saturated carbocycles. The number of anilines is 1. The summed E-state index contributed by atoms with van der Waals surface area (Å²) < 4.78 is 10.7. The van der Waals surface area contributed by atoms with Gasteiger partial charge in [-0.3, -0.25) is 9.59 Å². The molecule has 0 aliphatic carbocycles. The van der Waals surface area contributed by atoms with Crippen LogP contribution >= 0.6 is 11.6 Å². The van der Waals surface area contributed by atoms with Crippen LogP contribution in [0.5, 0.6) is 5.75 Å². The molecular formula is C22H21ClN2O4. The number of hydrogen-bond acceptors (Lipinski definition) is 5. The van der Waals surface area contributed by atoms with Gasteiger partial charge in [0.1, 0.15) is 11.4 Å². The quantitative estimate of drug-likeness (QED) is 0.721. The molecule has 2 aromatic rings. The van der Waals surface area contributed by atoms with Gasteiger partial charge in [-0.15, -0.1) is 0 Å². The van der Waals surface area contributed by atoms with Crippen LogP contribution in [0, 0.1) is 6.92 Å². The first-order valence-corrected chi connectivity index (χ1v) is 9.75. The minimum absolute atomic E-state index is 0.326. The van der Waals surface area contributed by atoms with Crippen molar-refractivity contribution in [3.8, 4) is 5.75 Å². The molecule has 0 atom stereocenters. The SMILES string of the molecule is COc1ccc(C2=C(N3CCOCC3)C(=O)N(c3ccc(Cl)cc3C)C2=O)cc1. The second-order valence-electron chi connectivity index (χ2n) is 6.93. The minimum atomic E-state index is -0.341. The number of nitrogens with zero attached hydrogens (tertiary/aromatic N) is 2. The van der Waals surface area contributed by atoms with Crippen molar-refractivity contribution < 1.29 is 19.1 Å². The Labute approximate surface area is 174 Å². The van der Waals surface area contributed by atoms with Gasteiger partial charge in [0.15, 0.2) is 0 Å². The van der Waals surface area contributed by atoms with Crippen molar-refractivity contribution in [2.45, 2.75) is 6.92 Å². The Hall–Kier alpha value is -2.83. The van der Waals surface area contributed by atoms with Gasteiger partial charge in [-0.05, 0) is 48.4 Å². The maximum atomic E-state index is 13.5. The number of morpholine rings is 1. The number of aryl methyl sites for hydroxylation is 1. The van der Waals surface area contributed by atoms with E-state index in [2.05, 4.69) is 0 Å². The Morgan fingerprint density at radius 2 is 1.69 bits per heavy atom. The third-order valence-corrected chi connectivity index (χ3v) is 5.40. The number of halogens is 1. The molecular weight excluding hydrogens is 392 g/mol. The van der Waals surface area contributed by atoms with Gasteiger partial charge in [0.25, 0.3) is 11.8 Å². The van der Waals surface area contributed by atoms with Crippen LogP contribution in [0.15, 0.2) is 48.2 Å². The summed E-state index contributed by atoms with van der Waals surface area (Å²) in [6.45, 7) is 3.98. The first-order valence-electron chi connectivity index (χ1n) is 9.37. The summed E-state index contributed by atoms with van der Waals surface area (Å²) >= 11 is 6.07. The molecule has 6 nitrogen and oxygen atoms in total. The maximum absolute atomic E-state index is 13.5. The van der Waals surface area contributed by atoms with Crippen molar-refractivity contribution in [3.63, 3.8) is 0 Å². The van der Waals surface area contributed by atoms with E-state index in [0.717, 1.165) is 5.56 Å². The third kappa shape index (κ3) is 3.50. The number of carbonyl (C=O) groups is 2. The highest BCUT2D eigenvalue weighted by Crippen LogP contribution is 2.37. The topological polar surface area (TPSA) is 59.1 Å². The molecule has 2 aliphatic heterocycles. The smallest absolute Gasteiger partial charge is 0.282 e. The van der Waals surface area contributed by atoms with Crippen LogP contribution in [0.3, 0.4) is 0 Å². The summed E-state index contributed by atoms with van der Waals surface area (Å²) in [7, 11) is 1.59. The number of benzene rings is 2. The van der Waals surface area contributed by atoms with Gasteiger partial charge in [0, 0.05) is 18.1 Å². The van der Waals surface area contributed by atoms with E-state index in [1.165, 1.54) is 4.90 Å². The van der Waals surface area contributed by atoms with Crippen molar-refractivity contribution in [2.75, 3.05) is 38.3 Å². The number of rotatable bonds is 4. The van der Waals surface area contributed by atoms with Crippen molar-refractivity contribution in [1.82, 2.24) is 4.90 Å². The second kappa shape index (κ2) is 7.89. The summed E-state index contributed by atoms with van der Waals surface area (Å²) in [5.74, 6) is 0.0182. The highest BCUT2D eigenvalue weighted by atomic mass is 35.5. The summed E-state index contributed by atoms with van der Waals surface area (Å²) in [4.78, 5) is 30.1. The van der Waals surface area contributed by atoms with E-state index in [1.54, 1.807) is 49.6 Å². The standard InChI is InChI=1S/C22H21ClN2O4/c1-14-13-16(23)5-8-18(14)25-21(26)19(15-3-6-17(28-2)7-4-15)20(22(25)27)24-9-11-29-12-10-24/h3-8,13H,9-12H2,1-2H3. The molecule has 0 bridgehead atoms. The van der Waals surface area contributed by atoms with Gasteiger partial charge < -0.3 is 14.4 Å². The highest BCUT2D eigenvalue weighted by molar-refractivity contribution is 6.45. The Bertz CT molecular complexity index is 994. The number of amides is 2. The molecule has 1 saturated heterocycles. The zero-order chi connectivity index (χ0) is 20.5. The fourth-order valence-corrected chi connectivity index (χ4v) is 3.93. The molecule has 0 aromatic heterocycles. The molecule has 4 rings (SSSR count). The lowest BCUT2D eigenvalue weighted by Crippen LogP contribution is -2.40. The molecule has 1 fully saturated rings. The first kappa shape index (κ1) is 19.5. The molecule has 29 heavy (non-hydrogen) atoms. The van der Waals surface area contributed by atoms with Crippen LogP contribution in [-0.2, 0) is 14.3 Å². The van der Waals surface area contributed by atoms with E-state index in [-0.39, 0.29) is 11.8 Å². The lowest BCUT2D eigenvalue weighted by Gasteiger charge is -2.29. The van der Waals surface area contributed by atoms with Gasteiger partial charge in [0.05, 0.1) is 31.6 Å². The van der Waals surface area contributed by atoms with E-state index in [4.69, 9.17) is 21.1 Å². The summed E-state index contributed by atoms with van der Waals surface area (Å²) in [6.07, 6.45) is 0. The van der Waals surface area contributed by atoms with Crippen molar-refractivity contribution in [2.24, 2.45) is 0 Å². The largest absolute Gasteiger partial charge is 0.497 e. The number of methoxy groups -OCH3 is 1. The van der Waals surface area contributed by atoms with E-state index < -0.39 is 0 Å². The van der Waals surface area contributed by atoms with E-state index in [9.17, 15) is 9.59 Å². The van der Waals surface area contributed by atoms with Gasteiger partial charge in [-0.25, -0.2) is 4.90 Å². The molecule has 0 unspecified atom stereocenters. The van der Waals surface area contributed by atoms with Gasteiger partial charge in [-0.1, -0.05) is 23.7 Å². The summed E-state index contributed by atoms with van der Waals surface area (Å²) in [5.41, 5.74) is 2.79. The van der Waals surface area contributed by atoms with Crippen molar-refractivity contribution in [1.29, 1.82) is 0 Å². The molecule has 150 valence electrons. The molecule has 7 heteroatoms. The average molecular weight is 413 g/mol. The molecule has 2 amide bonds. The number of ether oxygens (including phenoxy) is 2. The summed E-state index contributed by atoms with van der Waals surface area (Å²) in [6, 6.07) is 12.3. The van der Waals surface area contributed by atoms with E-state index in [0.29, 0.717) is 59.6 Å². The fourth-order valence-electron chi connectivity index (χ4n) is 3.70. The van der Waals surface area contributed by atoms with Crippen LogP contribution in [0.25, 0.3) is 5.57 Å².